The van der Waals surface area contributed by atoms with Gasteiger partial charge in [0.15, 0.2) is 5.03 Å². The summed E-state index contributed by atoms with van der Waals surface area (Å²) in [6.07, 6.45) is 4.85. The Bertz CT molecular complexity index is 453. The van der Waals surface area contributed by atoms with Gasteiger partial charge in [0.25, 0.3) is 10.0 Å². The van der Waals surface area contributed by atoms with Crippen LogP contribution in [-0.2, 0) is 17.1 Å². The van der Waals surface area contributed by atoms with Gasteiger partial charge in [0.2, 0.25) is 0 Å². The molecule has 0 saturated carbocycles. The van der Waals surface area contributed by atoms with E-state index in [4.69, 9.17) is 0 Å². The summed E-state index contributed by atoms with van der Waals surface area (Å²) >= 11 is 0. The molecule has 6 nitrogen and oxygen atoms in total. The molecule has 8 heteroatoms. The lowest BCUT2D eigenvalue weighted by atomic mass is 10.1. The Morgan fingerprint density at radius 2 is 2.35 bits per heavy atom. The van der Waals surface area contributed by atoms with Crippen LogP contribution in [0.3, 0.4) is 0 Å². The minimum atomic E-state index is -3.46. The fraction of sp³-hybridized carbons (Fsp3) is 0.667. The summed E-state index contributed by atoms with van der Waals surface area (Å²) in [5.74, 6) is 0. The molecule has 1 fully saturated rings. The third-order valence-corrected chi connectivity index (χ3v) is 3.98. The topological polar surface area (TPSA) is 76.0 Å². The summed E-state index contributed by atoms with van der Waals surface area (Å²) in [6.45, 7) is 1.65. The maximum Gasteiger partial charge on any atom is 0.259 e. The van der Waals surface area contributed by atoms with E-state index in [0.717, 1.165) is 19.4 Å². The van der Waals surface area contributed by atoms with Crippen molar-refractivity contribution in [2.75, 3.05) is 13.1 Å². The zero-order valence-corrected chi connectivity index (χ0v) is 11.2. The van der Waals surface area contributed by atoms with E-state index in [2.05, 4.69) is 15.0 Å². The Morgan fingerprint density at radius 3 is 2.88 bits per heavy atom. The lowest BCUT2D eigenvalue weighted by molar-refractivity contribution is 0.428. The summed E-state index contributed by atoms with van der Waals surface area (Å²) in [4.78, 5) is 3.85. The van der Waals surface area contributed by atoms with Crippen LogP contribution in [0.15, 0.2) is 17.6 Å². The smallest absolute Gasteiger partial charge is 0.259 e. The summed E-state index contributed by atoms with van der Waals surface area (Å²) in [5.41, 5.74) is 0. The molecule has 1 atom stereocenters. The Kier molecular flexibility index (Phi) is 4.93. The van der Waals surface area contributed by atoms with Gasteiger partial charge in [-0.25, -0.2) is 18.1 Å². The van der Waals surface area contributed by atoms with Crippen LogP contribution >= 0.6 is 12.4 Å². The first-order valence-electron chi connectivity index (χ1n) is 5.29. The first-order chi connectivity index (χ1) is 7.58. The SMILES string of the molecule is Cl.Cn1cnc(S(=O)(=O)NC2CCCNC2)c1. The number of nitrogens with zero attached hydrogens (tertiary/aromatic N) is 2. The molecule has 1 aliphatic heterocycles. The molecule has 1 aromatic heterocycles. The minimum absolute atomic E-state index is 0. The van der Waals surface area contributed by atoms with Gasteiger partial charge in [-0.05, 0) is 19.4 Å². The minimum Gasteiger partial charge on any atom is -0.339 e. The number of halogens is 1. The number of imidazole rings is 1. The van der Waals surface area contributed by atoms with Gasteiger partial charge in [-0.3, -0.25) is 0 Å². The zero-order valence-electron chi connectivity index (χ0n) is 9.59. The van der Waals surface area contributed by atoms with Gasteiger partial charge in [0.1, 0.15) is 0 Å². The molecule has 2 heterocycles. The Balaban J connectivity index is 0.00000144. The number of rotatable bonds is 3. The number of hydrogen-bond donors (Lipinski definition) is 2. The third kappa shape index (κ3) is 3.67. The number of aromatic nitrogens is 2. The molecule has 1 aromatic rings. The van der Waals surface area contributed by atoms with Crippen molar-refractivity contribution < 1.29 is 8.42 Å². The molecule has 0 radical (unpaired) electrons. The van der Waals surface area contributed by atoms with E-state index in [1.54, 1.807) is 11.6 Å². The normalized spacial score (nSPS) is 20.9. The Morgan fingerprint density at radius 1 is 1.59 bits per heavy atom. The molecule has 0 amide bonds. The molecule has 0 bridgehead atoms. The Hall–Kier alpha value is -0.630. The predicted octanol–water partition coefficient (Wildman–Crippen LogP) is -0.128. The molecule has 17 heavy (non-hydrogen) atoms. The van der Waals surface area contributed by atoms with Crippen molar-refractivity contribution in [2.45, 2.75) is 23.9 Å². The number of aryl methyl sites for hydroxylation is 1. The standard InChI is InChI=1S/C9H16N4O2S.ClH/c1-13-6-9(11-7-13)16(14,15)12-8-3-2-4-10-5-8;/h6-8,10,12H,2-5H2,1H3;1H. The second kappa shape index (κ2) is 5.81. The van der Waals surface area contributed by atoms with Crippen molar-refractivity contribution in [3.8, 4) is 0 Å². The van der Waals surface area contributed by atoms with Crippen LogP contribution in [0.2, 0.25) is 0 Å². The molecule has 1 saturated heterocycles. The molecule has 98 valence electrons. The van der Waals surface area contributed by atoms with Crippen LogP contribution in [0.4, 0.5) is 0 Å². The fourth-order valence-electron chi connectivity index (χ4n) is 1.76. The number of sulfonamides is 1. The number of piperidine rings is 1. The maximum absolute atomic E-state index is 11.9. The molecule has 1 aliphatic rings. The van der Waals surface area contributed by atoms with Gasteiger partial charge in [-0.15, -0.1) is 12.4 Å². The van der Waals surface area contributed by atoms with E-state index in [-0.39, 0.29) is 23.5 Å². The van der Waals surface area contributed by atoms with Crippen LogP contribution in [0.25, 0.3) is 0 Å². The van der Waals surface area contributed by atoms with Gasteiger partial charge < -0.3 is 9.88 Å². The summed E-state index contributed by atoms with van der Waals surface area (Å²) in [6, 6.07) is -0.0271. The lowest BCUT2D eigenvalue weighted by Crippen LogP contribution is -2.45. The van der Waals surface area contributed by atoms with Crippen molar-refractivity contribution in [3.63, 3.8) is 0 Å². The molecule has 0 aliphatic carbocycles. The Labute approximate surface area is 107 Å². The van der Waals surface area contributed by atoms with E-state index in [9.17, 15) is 8.42 Å². The number of hydrogen-bond acceptors (Lipinski definition) is 4. The van der Waals surface area contributed by atoms with Crippen LogP contribution < -0.4 is 10.0 Å². The van der Waals surface area contributed by atoms with Gasteiger partial charge in [-0.1, -0.05) is 0 Å². The predicted molar refractivity (Wildman–Crippen MR) is 66.7 cm³/mol. The molecule has 0 aromatic carbocycles. The van der Waals surface area contributed by atoms with Crippen molar-refractivity contribution in [1.29, 1.82) is 0 Å². The van der Waals surface area contributed by atoms with Gasteiger partial charge in [0.05, 0.1) is 6.33 Å². The summed E-state index contributed by atoms with van der Waals surface area (Å²) in [7, 11) is -1.72. The van der Waals surface area contributed by atoms with Crippen molar-refractivity contribution in [2.24, 2.45) is 7.05 Å². The van der Waals surface area contributed by atoms with Crippen LogP contribution in [-0.4, -0.2) is 37.1 Å². The third-order valence-electron chi connectivity index (χ3n) is 2.58. The van der Waals surface area contributed by atoms with Crippen LogP contribution in [0.1, 0.15) is 12.8 Å². The maximum atomic E-state index is 11.9. The molecule has 1 unspecified atom stereocenters. The largest absolute Gasteiger partial charge is 0.339 e. The highest BCUT2D eigenvalue weighted by atomic mass is 35.5. The van der Waals surface area contributed by atoms with Gasteiger partial charge in [-0.2, -0.15) is 0 Å². The average molecular weight is 281 g/mol. The van der Waals surface area contributed by atoms with Crippen molar-refractivity contribution >= 4 is 22.4 Å². The second-order valence-electron chi connectivity index (χ2n) is 4.04. The number of nitrogens with one attached hydrogen (secondary N) is 2. The van der Waals surface area contributed by atoms with E-state index >= 15 is 0 Å². The highest BCUT2D eigenvalue weighted by Gasteiger charge is 2.23. The molecular weight excluding hydrogens is 264 g/mol. The summed E-state index contributed by atoms with van der Waals surface area (Å²) < 4.78 is 28.1. The van der Waals surface area contributed by atoms with Gasteiger partial charge in [0, 0.05) is 25.8 Å². The lowest BCUT2D eigenvalue weighted by Gasteiger charge is -2.22. The molecule has 0 spiro atoms. The van der Waals surface area contributed by atoms with E-state index in [1.165, 1.54) is 12.5 Å². The zero-order chi connectivity index (χ0) is 11.6. The van der Waals surface area contributed by atoms with Crippen LogP contribution in [0, 0.1) is 0 Å². The highest BCUT2D eigenvalue weighted by Crippen LogP contribution is 2.08. The summed E-state index contributed by atoms with van der Waals surface area (Å²) in [5, 5.41) is 3.25. The average Bonchev–Trinajstić information content (AvgIpc) is 2.66. The molecule has 2 rings (SSSR count). The first-order valence-corrected chi connectivity index (χ1v) is 6.77. The van der Waals surface area contributed by atoms with E-state index in [1.807, 2.05) is 0 Å². The molecule has 2 N–H and O–H groups in total. The van der Waals surface area contributed by atoms with E-state index in [0.29, 0.717) is 6.54 Å². The second-order valence-corrected chi connectivity index (χ2v) is 5.70. The quantitative estimate of drug-likeness (QED) is 0.809. The first kappa shape index (κ1) is 14.4. The van der Waals surface area contributed by atoms with Crippen molar-refractivity contribution in [1.82, 2.24) is 19.6 Å². The van der Waals surface area contributed by atoms with Crippen LogP contribution in [0.5, 0.6) is 0 Å². The fourth-order valence-corrected chi connectivity index (χ4v) is 3.01. The van der Waals surface area contributed by atoms with Crippen molar-refractivity contribution in [3.05, 3.63) is 12.5 Å². The molecular formula is C9H17ClN4O2S. The highest BCUT2D eigenvalue weighted by molar-refractivity contribution is 7.89. The van der Waals surface area contributed by atoms with E-state index < -0.39 is 10.0 Å². The van der Waals surface area contributed by atoms with Gasteiger partial charge >= 0.3 is 0 Å². The monoisotopic (exact) mass is 280 g/mol.